The molecule has 0 radical (unpaired) electrons. The van der Waals surface area contributed by atoms with Crippen LogP contribution in [-0.2, 0) is 0 Å². The Morgan fingerprint density at radius 1 is 1.36 bits per heavy atom. The zero-order valence-electron chi connectivity index (χ0n) is 8.12. The SMILES string of the molecule is Oc1cc(C2CC2)sc1C1CCCN1. The third-order valence-corrected chi connectivity index (χ3v) is 4.52. The van der Waals surface area contributed by atoms with Crippen LogP contribution in [0.5, 0.6) is 5.75 Å². The number of aromatic hydroxyl groups is 1. The van der Waals surface area contributed by atoms with E-state index in [9.17, 15) is 5.11 Å². The van der Waals surface area contributed by atoms with Crippen molar-refractivity contribution < 1.29 is 5.11 Å². The van der Waals surface area contributed by atoms with Crippen LogP contribution in [0.25, 0.3) is 0 Å². The summed E-state index contributed by atoms with van der Waals surface area (Å²) in [5.74, 6) is 1.29. The second kappa shape index (κ2) is 3.24. The molecule has 0 bridgehead atoms. The number of thiophene rings is 1. The van der Waals surface area contributed by atoms with Gasteiger partial charge in [0.1, 0.15) is 5.75 Å². The maximum atomic E-state index is 9.84. The second-order valence-corrected chi connectivity index (χ2v) is 5.44. The molecule has 1 aromatic heterocycles. The fourth-order valence-corrected chi connectivity index (χ4v) is 3.48. The number of rotatable bonds is 2. The van der Waals surface area contributed by atoms with Crippen molar-refractivity contribution in [3.05, 3.63) is 15.8 Å². The zero-order chi connectivity index (χ0) is 9.54. The Labute approximate surface area is 88.0 Å². The first-order valence-corrected chi connectivity index (χ1v) is 6.22. The van der Waals surface area contributed by atoms with Gasteiger partial charge >= 0.3 is 0 Å². The van der Waals surface area contributed by atoms with E-state index in [4.69, 9.17) is 0 Å². The molecule has 1 atom stereocenters. The van der Waals surface area contributed by atoms with E-state index in [1.807, 2.05) is 17.4 Å². The molecule has 2 N–H and O–H groups in total. The van der Waals surface area contributed by atoms with E-state index in [0.717, 1.165) is 12.5 Å². The molecule has 3 heteroatoms. The number of nitrogens with one attached hydrogen (secondary N) is 1. The highest BCUT2D eigenvalue weighted by molar-refractivity contribution is 7.12. The van der Waals surface area contributed by atoms with Gasteiger partial charge in [0, 0.05) is 10.9 Å². The van der Waals surface area contributed by atoms with Crippen molar-refractivity contribution in [1.82, 2.24) is 5.32 Å². The lowest BCUT2D eigenvalue weighted by atomic mass is 10.2. The van der Waals surface area contributed by atoms with Gasteiger partial charge in [-0.1, -0.05) is 0 Å². The maximum Gasteiger partial charge on any atom is 0.131 e. The third kappa shape index (κ3) is 1.44. The molecule has 2 aliphatic rings. The Hall–Kier alpha value is -0.540. The van der Waals surface area contributed by atoms with Crippen LogP contribution in [0.2, 0.25) is 0 Å². The van der Waals surface area contributed by atoms with Crippen LogP contribution in [-0.4, -0.2) is 11.7 Å². The molecule has 0 aromatic carbocycles. The maximum absolute atomic E-state index is 9.84. The molecule has 3 rings (SSSR count). The minimum Gasteiger partial charge on any atom is -0.507 e. The molecular weight excluding hydrogens is 194 g/mol. The van der Waals surface area contributed by atoms with Crippen molar-refractivity contribution in [2.45, 2.75) is 37.6 Å². The molecule has 1 aliphatic heterocycles. The molecule has 1 unspecified atom stereocenters. The predicted octanol–water partition coefficient (Wildman–Crippen LogP) is 2.76. The van der Waals surface area contributed by atoms with Gasteiger partial charge in [0.2, 0.25) is 0 Å². The summed E-state index contributed by atoms with van der Waals surface area (Å²) in [6.07, 6.45) is 5.05. The van der Waals surface area contributed by atoms with Crippen molar-refractivity contribution in [3.8, 4) is 5.75 Å². The highest BCUT2D eigenvalue weighted by atomic mass is 32.1. The Balaban J connectivity index is 1.88. The standard InChI is InChI=1S/C11H15NOS/c13-9-6-10(7-3-4-7)14-11(9)8-2-1-5-12-8/h6-8,12-13H,1-5H2. The van der Waals surface area contributed by atoms with Gasteiger partial charge in [-0.2, -0.15) is 0 Å². The molecule has 2 heterocycles. The highest BCUT2D eigenvalue weighted by Gasteiger charge is 2.29. The van der Waals surface area contributed by atoms with Gasteiger partial charge in [0.15, 0.2) is 0 Å². The van der Waals surface area contributed by atoms with Crippen molar-refractivity contribution in [3.63, 3.8) is 0 Å². The van der Waals surface area contributed by atoms with Crippen LogP contribution in [0.3, 0.4) is 0 Å². The van der Waals surface area contributed by atoms with E-state index >= 15 is 0 Å². The molecule has 1 aromatic rings. The molecule has 1 aliphatic carbocycles. The van der Waals surface area contributed by atoms with Crippen LogP contribution in [0.15, 0.2) is 6.07 Å². The predicted molar refractivity (Wildman–Crippen MR) is 57.9 cm³/mol. The van der Waals surface area contributed by atoms with Crippen molar-refractivity contribution >= 4 is 11.3 Å². The van der Waals surface area contributed by atoms with Gasteiger partial charge in [-0.3, -0.25) is 0 Å². The number of hydrogen-bond acceptors (Lipinski definition) is 3. The van der Waals surface area contributed by atoms with Gasteiger partial charge < -0.3 is 10.4 Å². The van der Waals surface area contributed by atoms with E-state index in [2.05, 4.69) is 5.32 Å². The smallest absolute Gasteiger partial charge is 0.131 e. The van der Waals surface area contributed by atoms with Crippen molar-refractivity contribution in [2.24, 2.45) is 0 Å². The Morgan fingerprint density at radius 3 is 2.86 bits per heavy atom. The lowest BCUT2D eigenvalue weighted by Crippen LogP contribution is -2.11. The van der Waals surface area contributed by atoms with E-state index < -0.39 is 0 Å². The quantitative estimate of drug-likeness (QED) is 0.785. The molecule has 0 spiro atoms. The Bertz CT molecular complexity index is 337. The number of hydrogen-bond donors (Lipinski definition) is 2. The first-order valence-electron chi connectivity index (χ1n) is 5.40. The van der Waals surface area contributed by atoms with Crippen LogP contribution in [0, 0.1) is 0 Å². The first kappa shape index (κ1) is 8.74. The Kier molecular flexibility index (Phi) is 2.03. The molecule has 2 fully saturated rings. The van der Waals surface area contributed by atoms with E-state index in [-0.39, 0.29) is 0 Å². The van der Waals surface area contributed by atoms with Crippen LogP contribution in [0.1, 0.15) is 47.4 Å². The molecule has 76 valence electrons. The van der Waals surface area contributed by atoms with Crippen molar-refractivity contribution in [2.75, 3.05) is 6.54 Å². The minimum atomic E-state index is 0.424. The summed E-state index contributed by atoms with van der Waals surface area (Å²) in [6, 6.07) is 2.41. The van der Waals surface area contributed by atoms with Crippen molar-refractivity contribution in [1.29, 1.82) is 0 Å². The zero-order valence-corrected chi connectivity index (χ0v) is 8.94. The molecule has 1 saturated carbocycles. The summed E-state index contributed by atoms with van der Waals surface area (Å²) in [6.45, 7) is 1.10. The van der Waals surface area contributed by atoms with Gasteiger partial charge in [-0.05, 0) is 44.2 Å². The summed E-state index contributed by atoms with van der Waals surface area (Å²) < 4.78 is 0. The highest BCUT2D eigenvalue weighted by Crippen LogP contribution is 2.48. The fourth-order valence-electron chi connectivity index (χ4n) is 2.14. The molecule has 0 amide bonds. The molecule has 2 nitrogen and oxygen atoms in total. The topological polar surface area (TPSA) is 32.3 Å². The van der Waals surface area contributed by atoms with Gasteiger partial charge in [0.25, 0.3) is 0 Å². The minimum absolute atomic E-state index is 0.424. The largest absolute Gasteiger partial charge is 0.507 e. The summed E-state index contributed by atoms with van der Waals surface area (Å²) >= 11 is 1.81. The van der Waals surface area contributed by atoms with E-state index in [1.54, 1.807) is 0 Å². The summed E-state index contributed by atoms with van der Waals surface area (Å²) in [7, 11) is 0. The van der Waals surface area contributed by atoms with Gasteiger partial charge in [0.05, 0.1) is 4.88 Å². The monoisotopic (exact) mass is 209 g/mol. The average molecular weight is 209 g/mol. The second-order valence-electron chi connectivity index (χ2n) is 4.32. The summed E-state index contributed by atoms with van der Waals surface area (Å²) in [5, 5.41) is 13.3. The Morgan fingerprint density at radius 2 is 2.21 bits per heavy atom. The van der Waals surface area contributed by atoms with Crippen LogP contribution in [0.4, 0.5) is 0 Å². The molecule has 1 saturated heterocycles. The van der Waals surface area contributed by atoms with E-state index in [1.165, 1.54) is 35.4 Å². The average Bonchev–Trinajstić information content (AvgIpc) is 2.75. The van der Waals surface area contributed by atoms with Gasteiger partial charge in [-0.25, -0.2) is 0 Å². The summed E-state index contributed by atoms with van der Waals surface area (Å²) in [5.41, 5.74) is 0. The van der Waals surface area contributed by atoms with Crippen LogP contribution < -0.4 is 5.32 Å². The van der Waals surface area contributed by atoms with Crippen LogP contribution >= 0.6 is 11.3 Å². The first-order chi connectivity index (χ1) is 6.84. The lowest BCUT2D eigenvalue weighted by Gasteiger charge is -2.07. The van der Waals surface area contributed by atoms with Gasteiger partial charge in [-0.15, -0.1) is 11.3 Å². The normalized spacial score (nSPS) is 27.0. The molecule has 14 heavy (non-hydrogen) atoms. The third-order valence-electron chi connectivity index (χ3n) is 3.12. The fraction of sp³-hybridized carbons (Fsp3) is 0.636. The molecular formula is C11H15NOS. The lowest BCUT2D eigenvalue weighted by molar-refractivity contribution is 0.462. The van der Waals surface area contributed by atoms with E-state index in [0.29, 0.717) is 11.8 Å². The summed E-state index contributed by atoms with van der Waals surface area (Å²) in [4.78, 5) is 2.57.